The monoisotopic (exact) mass is 338 g/mol. The number of nitrogens with one attached hydrogen (secondary N) is 1. The largest absolute Gasteiger partial charge is 0.290 e. The van der Waals surface area contributed by atoms with Crippen molar-refractivity contribution < 1.29 is 9.69 Å². The first kappa shape index (κ1) is 16.2. The molecule has 0 spiro atoms. The smallest absolute Gasteiger partial charge is 0.178 e. The number of carbonyl (C=O) groups excluding carboxylic acids is 1. The number of rotatable bonds is 2. The van der Waals surface area contributed by atoms with Gasteiger partial charge in [0.15, 0.2) is 5.78 Å². The summed E-state index contributed by atoms with van der Waals surface area (Å²) in [5, 5.41) is 0. The van der Waals surface area contributed by atoms with E-state index in [0.29, 0.717) is 0 Å². The molecule has 126 valence electrons. The zero-order valence-electron chi connectivity index (χ0n) is 14.6. The number of ketones is 1. The van der Waals surface area contributed by atoms with Crippen LogP contribution in [0, 0.1) is 0 Å². The summed E-state index contributed by atoms with van der Waals surface area (Å²) in [6, 6.07) is 20.9. The maximum atomic E-state index is 11.5. The van der Waals surface area contributed by atoms with Crippen molar-refractivity contribution in [2.45, 2.75) is 0 Å². The molecule has 1 N–H and O–H groups in total. The van der Waals surface area contributed by atoms with Crippen LogP contribution in [-0.4, -0.2) is 12.8 Å². The summed E-state index contributed by atoms with van der Waals surface area (Å²) >= 11 is 0. The maximum absolute atomic E-state index is 11.5. The summed E-state index contributed by atoms with van der Waals surface area (Å²) in [5.74, 6) is 0.0360. The topological polar surface area (TPSA) is 21.5 Å². The summed E-state index contributed by atoms with van der Waals surface area (Å²) < 4.78 is 0. The fourth-order valence-corrected chi connectivity index (χ4v) is 3.36. The van der Waals surface area contributed by atoms with E-state index in [0.717, 1.165) is 11.3 Å². The maximum Gasteiger partial charge on any atom is 0.178 e. The zero-order chi connectivity index (χ0) is 17.9. The lowest BCUT2D eigenvalue weighted by Gasteiger charge is -2.24. The molecule has 4 rings (SSSR count). The average molecular weight is 338 g/mol. The molecule has 2 nitrogen and oxygen atoms in total. The SMILES string of the molecule is C[NH+]1C(c2ccccc2)=CC(c2ccccc2)=CC1=C1C=CC(=O)C=C1. The van der Waals surface area contributed by atoms with Gasteiger partial charge in [0, 0.05) is 23.3 Å². The van der Waals surface area contributed by atoms with Gasteiger partial charge in [0.1, 0.15) is 11.4 Å². The molecule has 1 aliphatic heterocycles. The first-order valence-electron chi connectivity index (χ1n) is 8.75. The molecule has 0 fully saturated rings. The Bertz CT molecular complexity index is 971. The van der Waals surface area contributed by atoms with Gasteiger partial charge in [0.25, 0.3) is 0 Å². The Labute approximate surface area is 153 Å². The van der Waals surface area contributed by atoms with Crippen LogP contribution in [0.1, 0.15) is 11.1 Å². The molecule has 0 aromatic heterocycles. The van der Waals surface area contributed by atoms with E-state index >= 15 is 0 Å². The van der Waals surface area contributed by atoms with Crippen LogP contribution in [0.2, 0.25) is 0 Å². The van der Waals surface area contributed by atoms with Crippen LogP contribution in [0.15, 0.2) is 108 Å². The van der Waals surface area contributed by atoms with Gasteiger partial charge in [0.2, 0.25) is 0 Å². The molecular formula is C24H20NO+. The van der Waals surface area contributed by atoms with E-state index in [4.69, 9.17) is 0 Å². The highest BCUT2D eigenvalue weighted by atomic mass is 16.1. The van der Waals surface area contributed by atoms with Gasteiger partial charge in [-0.3, -0.25) is 9.69 Å². The molecule has 0 radical (unpaired) electrons. The lowest BCUT2D eigenvalue weighted by molar-refractivity contribution is -0.755. The fourth-order valence-electron chi connectivity index (χ4n) is 3.36. The first-order valence-corrected chi connectivity index (χ1v) is 8.75. The molecule has 2 aliphatic rings. The average Bonchev–Trinajstić information content (AvgIpc) is 2.70. The van der Waals surface area contributed by atoms with Crippen molar-refractivity contribution in [2.24, 2.45) is 0 Å². The normalized spacial score (nSPS) is 19.4. The minimum atomic E-state index is 0.0360. The number of benzene rings is 2. The number of carbonyl (C=O) groups is 1. The van der Waals surface area contributed by atoms with Crippen LogP contribution >= 0.6 is 0 Å². The quantitative estimate of drug-likeness (QED) is 0.888. The molecule has 1 unspecified atom stereocenters. The second-order valence-corrected chi connectivity index (χ2v) is 6.45. The van der Waals surface area contributed by atoms with Crippen molar-refractivity contribution in [1.29, 1.82) is 0 Å². The zero-order valence-corrected chi connectivity index (χ0v) is 14.6. The van der Waals surface area contributed by atoms with E-state index in [1.54, 1.807) is 12.2 Å². The summed E-state index contributed by atoms with van der Waals surface area (Å²) in [6.07, 6.45) is 11.6. The van der Waals surface area contributed by atoms with Gasteiger partial charge >= 0.3 is 0 Å². The molecule has 0 amide bonds. The Morgan fingerprint density at radius 2 is 1.27 bits per heavy atom. The highest BCUT2D eigenvalue weighted by Gasteiger charge is 2.25. The van der Waals surface area contributed by atoms with E-state index in [1.807, 2.05) is 24.3 Å². The predicted octanol–water partition coefficient (Wildman–Crippen LogP) is 3.59. The highest BCUT2D eigenvalue weighted by Crippen LogP contribution is 2.26. The Morgan fingerprint density at radius 3 is 1.88 bits per heavy atom. The molecule has 2 heteroatoms. The van der Waals surface area contributed by atoms with Crippen molar-refractivity contribution in [2.75, 3.05) is 7.05 Å². The van der Waals surface area contributed by atoms with Gasteiger partial charge in [-0.25, -0.2) is 0 Å². The Morgan fingerprint density at radius 1 is 0.692 bits per heavy atom. The van der Waals surface area contributed by atoms with E-state index in [-0.39, 0.29) is 5.78 Å². The van der Waals surface area contributed by atoms with E-state index < -0.39 is 0 Å². The standard InChI is InChI=1S/C24H19NO/c1-25-23(19-10-6-3-7-11-19)16-21(18-8-4-2-5-9-18)17-24(25)20-12-14-22(26)15-13-20/h2-17H,1H3/p+1. The molecule has 1 heterocycles. The lowest BCUT2D eigenvalue weighted by atomic mass is 9.94. The third kappa shape index (κ3) is 3.15. The minimum Gasteiger partial charge on any atom is -0.290 e. The van der Waals surface area contributed by atoms with Crippen LogP contribution in [0.25, 0.3) is 11.3 Å². The summed E-state index contributed by atoms with van der Waals surface area (Å²) in [4.78, 5) is 12.7. The molecule has 2 aromatic rings. The molecule has 26 heavy (non-hydrogen) atoms. The van der Waals surface area contributed by atoms with Crippen LogP contribution in [0.5, 0.6) is 0 Å². The lowest BCUT2D eigenvalue weighted by Crippen LogP contribution is -3.04. The van der Waals surface area contributed by atoms with Crippen LogP contribution in [0.3, 0.4) is 0 Å². The number of quaternary nitrogens is 1. The van der Waals surface area contributed by atoms with E-state index in [2.05, 4.69) is 67.7 Å². The van der Waals surface area contributed by atoms with Gasteiger partial charge in [0.05, 0.1) is 7.05 Å². The van der Waals surface area contributed by atoms with Gasteiger partial charge in [-0.1, -0.05) is 48.5 Å². The van der Waals surface area contributed by atoms with Crippen molar-refractivity contribution in [3.63, 3.8) is 0 Å². The third-order valence-electron chi connectivity index (χ3n) is 4.76. The second-order valence-electron chi connectivity index (χ2n) is 6.45. The molecule has 1 atom stereocenters. The summed E-state index contributed by atoms with van der Waals surface area (Å²) in [5.41, 5.74) is 7.00. The Kier molecular flexibility index (Phi) is 4.34. The highest BCUT2D eigenvalue weighted by molar-refractivity contribution is 6.01. The number of hydrogen-bond donors (Lipinski definition) is 1. The van der Waals surface area contributed by atoms with E-state index in [1.165, 1.54) is 27.3 Å². The van der Waals surface area contributed by atoms with Gasteiger partial charge < -0.3 is 0 Å². The van der Waals surface area contributed by atoms with Crippen LogP contribution in [-0.2, 0) is 4.79 Å². The molecule has 1 aliphatic carbocycles. The minimum absolute atomic E-state index is 0.0360. The van der Waals surface area contributed by atoms with Crippen molar-refractivity contribution in [3.8, 4) is 0 Å². The number of likely N-dealkylation sites (N-methyl/N-ethyl adjacent to an activating group) is 1. The molecule has 0 saturated carbocycles. The van der Waals surface area contributed by atoms with Gasteiger partial charge in [-0.05, 0) is 47.6 Å². The molecule has 2 aromatic carbocycles. The Balaban J connectivity index is 1.89. The fraction of sp³-hybridized carbons (Fsp3) is 0.0417. The number of allylic oxidation sites excluding steroid dienone is 8. The van der Waals surface area contributed by atoms with Crippen molar-refractivity contribution in [1.82, 2.24) is 0 Å². The summed E-state index contributed by atoms with van der Waals surface area (Å²) in [6.45, 7) is 0. The first-order chi connectivity index (χ1) is 12.7. The van der Waals surface area contributed by atoms with Crippen LogP contribution < -0.4 is 4.90 Å². The van der Waals surface area contributed by atoms with Gasteiger partial charge in [-0.15, -0.1) is 0 Å². The predicted molar refractivity (Wildman–Crippen MR) is 106 cm³/mol. The van der Waals surface area contributed by atoms with Crippen molar-refractivity contribution >= 4 is 17.1 Å². The second kappa shape index (κ2) is 6.95. The van der Waals surface area contributed by atoms with Crippen LogP contribution in [0.4, 0.5) is 0 Å². The van der Waals surface area contributed by atoms with Crippen molar-refractivity contribution in [3.05, 3.63) is 120 Å². The van der Waals surface area contributed by atoms with E-state index in [9.17, 15) is 4.79 Å². The van der Waals surface area contributed by atoms with Gasteiger partial charge in [-0.2, -0.15) is 0 Å². The number of hydrogen-bond acceptors (Lipinski definition) is 1. The summed E-state index contributed by atoms with van der Waals surface area (Å²) in [7, 11) is 2.15. The third-order valence-corrected chi connectivity index (χ3v) is 4.76. The molecule has 0 saturated heterocycles. The molecule has 0 bridgehead atoms. The Hall–Kier alpha value is -3.23. The molecular weight excluding hydrogens is 318 g/mol.